The largest absolute Gasteiger partial charge is 0.393 e. The normalized spacial score (nSPS) is 23.6. The van der Waals surface area contributed by atoms with E-state index in [9.17, 15) is 19.8 Å². The van der Waals surface area contributed by atoms with Gasteiger partial charge in [0.25, 0.3) is 0 Å². The Hall–Kier alpha value is -1.63. The van der Waals surface area contributed by atoms with E-state index in [0.29, 0.717) is 24.5 Å². The Morgan fingerprint density at radius 1 is 1.21 bits per heavy atom. The minimum atomic E-state index is -1.09. The number of rotatable bonds is 6. The Labute approximate surface area is 178 Å². The molecule has 1 aromatic carbocycles. The lowest BCUT2D eigenvalue weighted by Crippen LogP contribution is -2.60. The van der Waals surface area contributed by atoms with Crippen LogP contribution in [0.3, 0.4) is 0 Å². The topological polar surface area (TPSA) is 89.9 Å². The predicted octanol–water partition coefficient (Wildman–Crippen LogP) is 2.70. The van der Waals surface area contributed by atoms with Gasteiger partial charge >= 0.3 is 0 Å². The standard InChI is InChI=1S/C22H33ClN2O4/c1-14(2)19(24-18(27)12-15(3)26)20(28)25-11-10-22(29,21(4,5)13-25)16-6-8-17(23)9-7-16/h6-9,14-15,19,26,29H,10-13H2,1-5H3,(H,24,27)/t15-,19-,22+/m1/s1. The summed E-state index contributed by atoms with van der Waals surface area (Å²) in [5, 5.41) is 24.3. The third-order valence-corrected chi connectivity index (χ3v) is 6.06. The lowest BCUT2D eigenvalue weighted by molar-refractivity contribution is -0.156. The average molecular weight is 425 g/mol. The molecule has 0 spiro atoms. The number of hydrogen-bond acceptors (Lipinski definition) is 4. The molecule has 6 nitrogen and oxygen atoms in total. The maximum Gasteiger partial charge on any atom is 0.245 e. The molecule has 1 aromatic rings. The van der Waals surface area contributed by atoms with Crippen molar-refractivity contribution in [3.63, 3.8) is 0 Å². The van der Waals surface area contributed by atoms with Crippen molar-refractivity contribution in [2.75, 3.05) is 13.1 Å². The lowest BCUT2D eigenvalue weighted by atomic mass is 9.66. The number of carbonyl (C=O) groups is 2. The van der Waals surface area contributed by atoms with E-state index >= 15 is 0 Å². The maximum atomic E-state index is 13.2. The zero-order valence-electron chi connectivity index (χ0n) is 17.9. The van der Waals surface area contributed by atoms with Gasteiger partial charge in [0.1, 0.15) is 6.04 Å². The quantitative estimate of drug-likeness (QED) is 0.654. The predicted molar refractivity (Wildman–Crippen MR) is 113 cm³/mol. The minimum Gasteiger partial charge on any atom is -0.393 e. The highest BCUT2D eigenvalue weighted by atomic mass is 35.5. The summed E-state index contributed by atoms with van der Waals surface area (Å²) >= 11 is 5.98. The summed E-state index contributed by atoms with van der Waals surface area (Å²) in [6, 6.07) is 6.51. The highest BCUT2D eigenvalue weighted by Gasteiger charge is 2.50. The molecule has 0 saturated carbocycles. The van der Waals surface area contributed by atoms with E-state index in [1.165, 1.54) is 6.92 Å². The van der Waals surface area contributed by atoms with Crippen LogP contribution in [0.15, 0.2) is 24.3 Å². The lowest BCUT2D eigenvalue weighted by Gasteiger charge is -2.51. The van der Waals surface area contributed by atoms with Gasteiger partial charge in [0.05, 0.1) is 18.1 Å². The van der Waals surface area contributed by atoms with Crippen LogP contribution >= 0.6 is 11.6 Å². The zero-order chi connectivity index (χ0) is 22.0. The van der Waals surface area contributed by atoms with E-state index in [4.69, 9.17) is 11.6 Å². The number of benzene rings is 1. The van der Waals surface area contributed by atoms with Gasteiger partial charge in [0, 0.05) is 23.5 Å². The van der Waals surface area contributed by atoms with Crippen LogP contribution in [0.5, 0.6) is 0 Å². The van der Waals surface area contributed by atoms with Gasteiger partial charge in [-0.15, -0.1) is 0 Å². The smallest absolute Gasteiger partial charge is 0.245 e. The van der Waals surface area contributed by atoms with Crippen LogP contribution in [0.2, 0.25) is 5.02 Å². The summed E-state index contributed by atoms with van der Waals surface area (Å²) in [6.45, 7) is 9.93. The van der Waals surface area contributed by atoms with Gasteiger partial charge in [-0.05, 0) is 37.0 Å². The number of piperidine rings is 1. The van der Waals surface area contributed by atoms with E-state index < -0.39 is 23.2 Å². The molecule has 0 radical (unpaired) electrons. The number of amides is 2. The fraction of sp³-hybridized carbons (Fsp3) is 0.636. The van der Waals surface area contributed by atoms with Crippen molar-refractivity contribution in [1.82, 2.24) is 10.2 Å². The molecule has 2 amide bonds. The summed E-state index contributed by atoms with van der Waals surface area (Å²) in [7, 11) is 0. The van der Waals surface area contributed by atoms with Crippen molar-refractivity contribution in [3.8, 4) is 0 Å². The van der Waals surface area contributed by atoms with E-state index in [1.807, 2.05) is 39.8 Å². The van der Waals surface area contributed by atoms with Gasteiger partial charge in [-0.3, -0.25) is 9.59 Å². The molecule has 7 heteroatoms. The van der Waals surface area contributed by atoms with Crippen molar-refractivity contribution in [2.45, 2.75) is 65.2 Å². The monoisotopic (exact) mass is 424 g/mol. The fourth-order valence-corrected chi connectivity index (χ4v) is 4.11. The molecule has 0 aliphatic carbocycles. The van der Waals surface area contributed by atoms with Crippen molar-refractivity contribution in [3.05, 3.63) is 34.9 Å². The van der Waals surface area contributed by atoms with Gasteiger partial charge < -0.3 is 20.4 Å². The highest BCUT2D eigenvalue weighted by Crippen LogP contribution is 2.46. The molecule has 29 heavy (non-hydrogen) atoms. The summed E-state index contributed by atoms with van der Waals surface area (Å²) in [4.78, 5) is 27.0. The van der Waals surface area contributed by atoms with Crippen LogP contribution in [0.25, 0.3) is 0 Å². The Morgan fingerprint density at radius 3 is 2.28 bits per heavy atom. The first-order valence-corrected chi connectivity index (χ1v) is 10.5. The summed E-state index contributed by atoms with van der Waals surface area (Å²) in [5.74, 6) is -0.605. The number of halogens is 1. The van der Waals surface area contributed by atoms with Crippen LogP contribution in [0.1, 0.15) is 53.0 Å². The second-order valence-electron chi connectivity index (χ2n) is 9.10. The molecule has 3 atom stereocenters. The van der Waals surface area contributed by atoms with Crippen LogP contribution in [-0.4, -0.2) is 52.2 Å². The minimum absolute atomic E-state index is 0.0433. The first-order valence-electron chi connectivity index (χ1n) is 10.1. The molecule has 2 rings (SSSR count). The first-order chi connectivity index (χ1) is 13.4. The van der Waals surface area contributed by atoms with E-state index in [1.54, 1.807) is 17.0 Å². The number of likely N-dealkylation sites (tertiary alicyclic amines) is 1. The number of carbonyl (C=O) groups excluding carboxylic acids is 2. The third kappa shape index (κ3) is 5.30. The second kappa shape index (κ2) is 9.02. The molecule has 1 heterocycles. The first kappa shape index (κ1) is 23.6. The van der Waals surface area contributed by atoms with Gasteiger partial charge in [-0.25, -0.2) is 0 Å². The van der Waals surface area contributed by atoms with Crippen LogP contribution in [-0.2, 0) is 15.2 Å². The fourth-order valence-electron chi connectivity index (χ4n) is 3.98. The van der Waals surface area contributed by atoms with Crippen molar-refractivity contribution >= 4 is 23.4 Å². The molecule has 162 valence electrons. The number of aliphatic hydroxyl groups is 2. The maximum absolute atomic E-state index is 13.2. The highest BCUT2D eigenvalue weighted by molar-refractivity contribution is 6.30. The van der Waals surface area contributed by atoms with Gasteiger partial charge in [-0.2, -0.15) is 0 Å². The molecule has 0 bridgehead atoms. The van der Waals surface area contributed by atoms with Crippen LogP contribution < -0.4 is 5.32 Å². The van der Waals surface area contributed by atoms with Gasteiger partial charge in [-0.1, -0.05) is 51.4 Å². The van der Waals surface area contributed by atoms with Crippen molar-refractivity contribution in [2.24, 2.45) is 11.3 Å². The molecular weight excluding hydrogens is 392 g/mol. The Bertz CT molecular complexity index is 733. The van der Waals surface area contributed by atoms with E-state index in [0.717, 1.165) is 5.56 Å². The zero-order valence-corrected chi connectivity index (χ0v) is 18.7. The number of aliphatic hydroxyl groups excluding tert-OH is 1. The molecule has 0 aromatic heterocycles. The Balaban J connectivity index is 2.17. The van der Waals surface area contributed by atoms with Gasteiger partial charge in [0.2, 0.25) is 11.8 Å². The molecular formula is C22H33ClN2O4. The van der Waals surface area contributed by atoms with Crippen LogP contribution in [0, 0.1) is 11.3 Å². The summed E-state index contributed by atoms with van der Waals surface area (Å²) in [5.41, 5.74) is -0.901. The third-order valence-electron chi connectivity index (χ3n) is 5.81. The molecule has 1 aliphatic heterocycles. The molecule has 1 aliphatic rings. The average Bonchev–Trinajstić information content (AvgIpc) is 2.61. The van der Waals surface area contributed by atoms with E-state index in [-0.39, 0.29) is 24.2 Å². The number of nitrogens with zero attached hydrogens (tertiary/aromatic N) is 1. The SMILES string of the molecule is CC(C)[C@@H](NC(=O)C[C@@H](C)O)C(=O)N1CC[C@](O)(c2ccc(Cl)cc2)C(C)(C)C1. The molecule has 1 fully saturated rings. The second-order valence-corrected chi connectivity index (χ2v) is 9.54. The van der Waals surface area contributed by atoms with Crippen molar-refractivity contribution in [1.29, 1.82) is 0 Å². The number of nitrogens with one attached hydrogen (secondary N) is 1. The summed E-state index contributed by atoms with van der Waals surface area (Å²) < 4.78 is 0. The Morgan fingerprint density at radius 2 is 1.79 bits per heavy atom. The summed E-state index contributed by atoms with van der Waals surface area (Å²) in [6.07, 6.45) is -0.417. The number of hydrogen-bond donors (Lipinski definition) is 3. The Kier molecular flexibility index (Phi) is 7.36. The van der Waals surface area contributed by atoms with E-state index in [2.05, 4.69) is 5.32 Å². The van der Waals surface area contributed by atoms with Crippen molar-refractivity contribution < 1.29 is 19.8 Å². The van der Waals surface area contributed by atoms with Crippen LogP contribution in [0.4, 0.5) is 0 Å². The molecule has 3 N–H and O–H groups in total. The molecule has 1 saturated heterocycles. The molecule has 0 unspecified atom stereocenters. The van der Waals surface area contributed by atoms with Gasteiger partial charge in [0.15, 0.2) is 0 Å².